The van der Waals surface area contributed by atoms with Crippen molar-refractivity contribution in [2.75, 3.05) is 0 Å². The largest absolute Gasteiger partial charge is 0.325 e. The molecule has 0 spiro atoms. The van der Waals surface area contributed by atoms with Crippen LogP contribution in [0.1, 0.15) is 33.1 Å². The summed E-state index contributed by atoms with van der Waals surface area (Å²) in [5.74, 6) is -0.275. The molecule has 1 saturated carbocycles. The highest BCUT2D eigenvalue weighted by Crippen LogP contribution is 2.45. The fraction of sp³-hybridized carbons (Fsp3) is 1.00. The van der Waals surface area contributed by atoms with Crippen LogP contribution < -0.4 is 5.73 Å². The van der Waals surface area contributed by atoms with Crippen molar-refractivity contribution in [3.8, 4) is 0 Å². The summed E-state index contributed by atoms with van der Waals surface area (Å²) in [5, 5.41) is 0. The zero-order chi connectivity index (χ0) is 9.35. The van der Waals surface area contributed by atoms with Gasteiger partial charge in [0.15, 0.2) is 0 Å². The Morgan fingerprint density at radius 2 is 1.83 bits per heavy atom. The second-order valence-corrected chi connectivity index (χ2v) is 4.30. The van der Waals surface area contributed by atoms with Crippen LogP contribution in [0.2, 0.25) is 0 Å². The maximum absolute atomic E-state index is 12.5. The third kappa shape index (κ3) is 2.16. The quantitative estimate of drug-likeness (QED) is 0.701. The van der Waals surface area contributed by atoms with Gasteiger partial charge in [0, 0.05) is 11.5 Å². The normalized spacial score (nSPS) is 23.2. The molecule has 1 fully saturated rings. The first-order chi connectivity index (χ1) is 5.46. The Morgan fingerprint density at radius 1 is 1.33 bits per heavy atom. The molecule has 1 aliphatic rings. The van der Waals surface area contributed by atoms with Gasteiger partial charge in [0.2, 0.25) is 6.43 Å². The summed E-state index contributed by atoms with van der Waals surface area (Å²) in [4.78, 5) is 0. The maximum Gasteiger partial charge on any atom is 0.243 e. The Bertz CT molecular complexity index is 153. The van der Waals surface area contributed by atoms with Gasteiger partial charge in [0.05, 0.1) is 0 Å². The van der Waals surface area contributed by atoms with Crippen molar-refractivity contribution >= 4 is 0 Å². The van der Waals surface area contributed by atoms with E-state index in [1.807, 2.05) is 13.8 Å². The topological polar surface area (TPSA) is 26.0 Å². The van der Waals surface area contributed by atoms with Crippen LogP contribution >= 0.6 is 0 Å². The lowest BCUT2D eigenvalue weighted by molar-refractivity contribution is 0.0452. The lowest BCUT2D eigenvalue weighted by atomic mass is 9.89. The average molecular weight is 177 g/mol. The fourth-order valence-corrected chi connectivity index (χ4v) is 1.61. The van der Waals surface area contributed by atoms with E-state index in [2.05, 4.69) is 0 Å². The van der Waals surface area contributed by atoms with Gasteiger partial charge in [-0.25, -0.2) is 8.78 Å². The molecular weight excluding hydrogens is 160 g/mol. The summed E-state index contributed by atoms with van der Waals surface area (Å²) in [6.07, 6.45) is -0.155. The predicted molar refractivity (Wildman–Crippen MR) is 45.1 cm³/mol. The summed E-state index contributed by atoms with van der Waals surface area (Å²) in [5.41, 5.74) is 5.23. The number of nitrogens with two attached hydrogens (primary N) is 1. The molecule has 72 valence electrons. The standard InChI is InChI=1S/C9H17F2N/c1-6(2)5-7(8(10)11)9(12)3-4-9/h6-8H,3-5,12H2,1-2H3. The molecule has 0 heterocycles. The zero-order valence-corrected chi connectivity index (χ0v) is 7.69. The van der Waals surface area contributed by atoms with Gasteiger partial charge < -0.3 is 5.73 Å². The van der Waals surface area contributed by atoms with E-state index in [0.717, 1.165) is 12.8 Å². The molecule has 0 aliphatic heterocycles. The van der Waals surface area contributed by atoms with Gasteiger partial charge in [0.1, 0.15) is 0 Å². The number of hydrogen-bond acceptors (Lipinski definition) is 1. The van der Waals surface area contributed by atoms with Gasteiger partial charge in [-0.05, 0) is 25.2 Å². The molecule has 12 heavy (non-hydrogen) atoms. The number of halogens is 2. The molecular formula is C9H17F2N. The van der Waals surface area contributed by atoms with Crippen LogP contribution in [0.4, 0.5) is 8.78 Å². The van der Waals surface area contributed by atoms with E-state index >= 15 is 0 Å². The Balaban J connectivity index is 2.50. The van der Waals surface area contributed by atoms with E-state index in [-0.39, 0.29) is 0 Å². The van der Waals surface area contributed by atoms with Crippen molar-refractivity contribution in [3.63, 3.8) is 0 Å². The van der Waals surface area contributed by atoms with Gasteiger partial charge in [-0.1, -0.05) is 13.8 Å². The lowest BCUT2D eigenvalue weighted by Crippen LogP contribution is -2.37. The summed E-state index contributed by atoms with van der Waals surface area (Å²) in [6.45, 7) is 3.92. The average Bonchev–Trinajstić information content (AvgIpc) is 2.63. The van der Waals surface area contributed by atoms with Crippen LogP contribution in [0.25, 0.3) is 0 Å². The number of rotatable bonds is 4. The predicted octanol–water partition coefficient (Wildman–Crippen LogP) is 2.41. The molecule has 0 aromatic heterocycles. The molecule has 0 bridgehead atoms. The minimum absolute atomic E-state index is 0.310. The molecule has 0 aromatic carbocycles. The van der Waals surface area contributed by atoms with Crippen molar-refractivity contribution < 1.29 is 8.78 Å². The van der Waals surface area contributed by atoms with Gasteiger partial charge in [-0.15, -0.1) is 0 Å². The first-order valence-electron chi connectivity index (χ1n) is 4.53. The molecule has 0 radical (unpaired) electrons. The molecule has 0 saturated heterocycles. The molecule has 2 N–H and O–H groups in total. The van der Waals surface area contributed by atoms with Crippen LogP contribution in [0.3, 0.4) is 0 Å². The van der Waals surface area contributed by atoms with Crippen molar-refractivity contribution in [1.29, 1.82) is 0 Å². The SMILES string of the molecule is CC(C)CC(C(F)F)C1(N)CC1. The molecule has 1 unspecified atom stereocenters. The monoisotopic (exact) mass is 177 g/mol. The summed E-state index contributed by atoms with van der Waals surface area (Å²) < 4.78 is 25.0. The molecule has 1 atom stereocenters. The molecule has 0 aromatic rings. The highest BCUT2D eigenvalue weighted by atomic mass is 19.3. The van der Waals surface area contributed by atoms with Crippen LogP contribution in [0.15, 0.2) is 0 Å². The van der Waals surface area contributed by atoms with Gasteiger partial charge >= 0.3 is 0 Å². The Labute approximate surface area is 72.3 Å². The van der Waals surface area contributed by atoms with Crippen molar-refractivity contribution in [1.82, 2.24) is 0 Å². The first-order valence-corrected chi connectivity index (χ1v) is 4.53. The van der Waals surface area contributed by atoms with E-state index in [1.54, 1.807) is 0 Å². The lowest BCUT2D eigenvalue weighted by Gasteiger charge is -2.24. The van der Waals surface area contributed by atoms with Crippen LogP contribution in [0, 0.1) is 11.8 Å². The van der Waals surface area contributed by atoms with Gasteiger partial charge in [-0.3, -0.25) is 0 Å². The molecule has 3 heteroatoms. The van der Waals surface area contributed by atoms with Gasteiger partial charge in [-0.2, -0.15) is 0 Å². The van der Waals surface area contributed by atoms with E-state index in [9.17, 15) is 8.78 Å². The summed E-state index contributed by atoms with van der Waals surface area (Å²) >= 11 is 0. The summed E-state index contributed by atoms with van der Waals surface area (Å²) in [6, 6.07) is 0. The Morgan fingerprint density at radius 3 is 2.08 bits per heavy atom. The van der Waals surface area contributed by atoms with Crippen LogP contribution in [-0.2, 0) is 0 Å². The molecule has 1 rings (SSSR count). The zero-order valence-electron chi connectivity index (χ0n) is 7.69. The minimum atomic E-state index is -2.25. The molecule has 1 nitrogen and oxygen atoms in total. The van der Waals surface area contributed by atoms with Crippen molar-refractivity contribution in [2.24, 2.45) is 17.6 Å². The number of alkyl halides is 2. The Hall–Kier alpha value is -0.180. The molecule has 1 aliphatic carbocycles. The molecule has 0 amide bonds. The van der Waals surface area contributed by atoms with E-state index in [1.165, 1.54) is 0 Å². The number of hydrogen-bond donors (Lipinski definition) is 1. The maximum atomic E-state index is 12.5. The smallest absolute Gasteiger partial charge is 0.243 e. The fourth-order valence-electron chi connectivity index (χ4n) is 1.61. The first kappa shape index (κ1) is 9.90. The van der Waals surface area contributed by atoms with Gasteiger partial charge in [0.25, 0.3) is 0 Å². The van der Waals surface area contributed by atoms with E-state index in [0.29, 0.717) is 12.3 Å². The highest BCUT2D eigenvalue weighted by molar-refractivity contribution is 5.04. The van der Waals surface area contributed by atoms with Crippen molar-refractivity contribution in [2.45, 2.75) is 45.1 Å². The van der Waals surface area contributed by atoms with Crippen LogP contribution in [0.5, 0.6) is 0 Å². The third-order valence-corrected chi connectivity index (χ3v) is 2.60. The van der Waals surface area contributed by atoms with Crippen LogP contribution in [-0.4, -0.2) is 12.0 Å². The van der Waals surface area contributed by atoms with E-state index < -0.39 is 17.9 Å². The highest BCUT2D eigenvalue weighted by Gasteiger charge is 2.49. The Kier molecular flexibility index (Phi) is 2.71. The summed E-state index contributed by atoms with van der Waals surface area (Å²) in [7, 11) is 0. The van der Waals surface area contributed by atoms with E-state index in [4.69, 9.17) is 5.73 Å². The second-order valence-electron chi connectivity index (χ2n) is 4.30. The second kappa shape index (κ2) is 3.29. The third-order valence-electron chi connectivity index (χ3n) is 2.60. The minimum Gasteiger partial charge on any atom is -0.325 e. The van der Waals surface area contributed by atoms with Crippen molar-refractivity contribution in [3.05, 3.63) is 0 Å².